The Bertz CT molecular complexity index is 617. The predicted octanol–water partition coefficient (Wildman–Crippen LogP) is 1.15. The van der Waals surface area contributed by atoms with Crippen LogP contribution in [0.4, 0.5) is 0 Å². The van der Waals surface area contributed by atoms with Crippen LogP contribution >= 0.6 is 0 Å². The van der Waals surface area contributed by atoms with Gasteiger partial charge in [-0.15, -0.1) is 0 Å². The number of hydrogen-bond donors (Lipinski definition) is 1. The van der Waals surface area contributed by atoms with Crippen molar-refractivity contribution in [2.75, 3.05) is 13.2 Å². The van der Waals surface area contributed by atoms with Crippen LogP contribution in [0.3, 0.4) is 0 Å². The Labute approximate surface area is 165 Å². The first-order valence-corrected chi connectivity index (χ1v) is 8.20. The van der Waals surface area contributed by atoms with E-state index in [1.807, 2.05) is 0 Å². The standard InChI is InChI=1S/C14H18O7S.Ca.2H/c1-3-5-20-13(15)10-7-11(14(16)21-6-4-2)9-12(8-10)22(17,18)19;;;/h7-9H,3-6H2,1-2H3,(H,17,18,19);;;. The quantitative estimate of drug-likeness (QED) is 0.435. The summed E-state index contributed by atoms with van der Waals surface area (Å²) in [6.07, 6.45) is 1.18. The van der Waals surface area contributed by atoms with Crippen LogP contribution in [0.25, 0.3) is 0 Å². The number of hydrogen-bond acceptors (Lipinski definition) is 6. The zero-order chi connectivity index (χ0) is 16.8. The summed E-state index contributed by atoms with van der Waals surface area (Å²) in [5, 5.41) is 0. The van der Waals surface area contributed by atoms with E-state index in [1.165, 1.54) is 6.07 Å². The van der Waals surface area contributed by atoms with Gasteiger partial charge in [0.05, 0.1) is 29.2 Å². The fraction of sp³-hybridized carbons (Fsp3) is 0.429. The summed E-state index contributed by atoms with van der Waals surface area (Å²) in [6, 6.07) is 3.07. The van der Waals surface area contributed by atoms with Crippen molar-refractivity contribution in [2.24, 2.45) is 0 Å². The maximum atomic E-state index is 11.8. The van der Waals surface area contributed by atoms with Crippen LogP contribution in [-0.2, 0) is 19.6 Å². The number of ether oxygens (including phenoxy) is 2. The number of carbonyl (C=O) groups is 2. The number of rotatable bonds is 7. The van der Waals surface area contributed by atoms with Crippen LogP contribution in [-0.4, -0.2) is 75.9 Å². The van der Waals surface area contributed by atoms with Gasteiger partial charge in [-0.1, -0.05) is 13.8 Å². The minimum atomic E-state index is -4.57. The second kappa shape index (κ2) is 10.2. The molecule has 0 spiro atoms. The first-order chi connectivity index (χ1) is 10.3. The molecule has 126 valence electrons. The second-order valence-corrected chi connectivity index (χ2v) is 5.91. The van der Waals surface area contributed by atoms with Gasteiger partial charge in [0, 0.05) is 0 Å². The zero-order valence-corrected chi connectivity index (χ0v) is 13.2. The van der Waals surface area contributed by atoms with E-state index in [1.54, 1.807) is 13.8 Å². The van der Waals surface area contributed by atoms with E-state index in [4.69, 9.17) is 14.0 Å². The summed E-state index contributed by atoms with van der Waals surface area (Å²) in [6.45, 7) is 3.92. The Morgan fingerprint density at radius 2 is 1.35 bits per heavy atom. The van der Waals surface area contributed by atoms with Crippen LogP contribution in [0.1, 0.15) is 47.4 Å². The molecule has 7 nitrogen and oxygen atoms in total. The van der Waals surface area contributed by atoms with Crippen molar-refractivity contribution < 1.29 is 32.0 Å². The van der Waals surface area contributed by atoms with Crippen molar-refractivity contribution in [3.8, 4) is 0 Å². The summed E-state index contributed by atoms with van der Waals surface area (Å²) in [4.78, 5) is 23.1. The van der Waals surface area contributed by atoms with Gasteiger partial charge in [-0.2, -0.15) is 8.42 Å². The number of esters is 2. The summed E-state index contributed by atoms with van der Waals surface area (Å²) >= 11 is 0. The molecular weight excluding hydrogens is 352 g/mol. The molecule has 1 aromatic rings. The first kappa shape index (κ1) is 22.3. The number of benzene rings is 1. The fourth-order valence-corrected chi connectivity index (χ4v) is 2.09. The van der Waals surface area contributed by atoms with Gasteiger partial charge in [0.1, 0.15) is 0 Å². The third-order valence-corrected chi connectivity index (χ3v) is 3.38. The fourth-order valence-electron chi connectivity index (χ4n) is 1.54. The van der Waals surface area contributed by atoms with Gasteiger partial charge in [-0.25, -0.2) is 9.59 Å². The Balaban J connectivity index is 0.00000484. The molecule has 0 aliphatic heterocycles. The normalized spacial score (nSPS) is 10.6. The number of carbonyl (C=O) groups excluding carboxylic acids is 2. The van der Waals surface area contributed by atoms with Crippen molar-refractivity contribution in [3.05, 3.63) is 29.3 Å². The molecule has 0 aliphatic rings. The van der Waals surface area contributed by atoms with Crippen LogP contribution < -0.4 is 0 Å². The molecule has 0 heterocycles. The third-order valence-electron chi connectivity index (χ3n) is 2.55. The molecule has 0 aliphatic carbocycles. The Morgan fingerprint density at radius 3 is 1.65 bits per heavy atom. The van der Waals surface area contributed by atoms with E-state index >= 15 is 0 Å². The molecule has 1 rings (SSSR count). The topological polar surface area (TPSA) is 107 Å². The molecule has 0 bridgehead atoms. The van der Waals surface area contributed by atoms with Crippen LogP contribution in [0.15, 0.2) is 23.1 Å². The van der Waals surface area contributed by atoms with Gasteiger partial charge in [0.2, 0.25) is 0 Å². The van der Waals surface area contributed by atoms with Gasteiger partial charge in [-0.05, 0) is 31.0 Å². The van der Waals surface area contributed by atoms with E-state index in [-0.39, 0.29) is 62.1 Å². The van der Waals surface area contributed by atoms with E-state index in [0.717, 1.165) is 12.1 Å². The average molecular weight is 372 g/mol. The minimum absolute atomic E-state index is 0. The van der Waals surface area contributed by atoms with E-state index in [9.17, 15) is 18.0 Å². The third kappa shape index (κ3) is 7.17. The monoisotopic (exact) mass is 372 g/mol. The Morgan fingerprint density at radius 1 is 0.957 bits per heavy atom. The Hall–Kier alpha value is -0.670. The van der Waals surface area contributed by atoms with E-state index in [0.29, 0.717) is 12.8 Å². The molecule has 1 aromatic carbocycles. The molecule has 0 aromatic heterocycles. The predicted molar refractivity (Wildman–Crippen MR) is 85.9 cm³/mol. The van der Waals surface area contributed by atoms with Crippen LogP contribution in [0.2, 0.25) is 0 Å². The molecule has 1 N–H and O–H groups in total. The molecule has 0 saturated heterocycles. The molecular formula is C14H20CaO7S. The summed E-state index contributed by atoms with van der Waals surface area (Å²) in [5.41, 5.74) is -0.293. The van der Waals surface area contributed by atoms with E-state index in [2.05, 4.69) is 0 Å². The molecule has 0 saturated carbocycles. The van der Waals surface area contributed by atoms with Crippen molar-refractivity contribution in [3.63, 3.8) is 0 Å². The summed E-state index contributed by atoms with van der Waals surface area (Å²) in [5.74, 6) is -1.56. The van der Waals surface area contributed by atoms with Gasteiger partial charge >= 0.3 is 49.7 Å². The second-order valence-electron chi connectivity index (χ2n) is 4.49. The molecule has 0 radical (unpaired) electrons. The molecule has 0 fully saturated rings. The van der Waals surface area contributed by atoms with Crippen LogP contribution in [0, 0.1) is 0 Å². The van der Waals surface area contributed by atoms with Gasteiger partial charge in [-0.3, -0.25) is 4.55 Å². The average Bonchev–Trinajstić information content (AvgIpc) is 2.48. The SMILES string of the molecule is CCCOC(=O)c1cc(C(=O)OCCC)cc(S(=O)(=O)O)c1.[CaH2]. The molecule has 23 heavy (non-hydrogen) atoms. The molecule has 9 heteroatoms. The first-order valence-electron chi connectivity index (χ1n) is 6.76. The van der Waals surface area contributed by atoms with Crippen molar-refractivity contribution in [2.45, 2.75) is 31.6 Å². The zero-order valence-electron chi connectivity index (χ0n) is 12.4. The molecule has 0 amide bonds. The van der Waals surface area contributed by atoms with Crippen molar-refractivity contribution in [1.29, 1.82) is 0 Å². The van der Waals surface area contributed by atoms with Crippen molar-refractivity contribution >= 4 is 59.8 Å². The summed E-state index contributed by atoms with van der Waals surface area (Å²) in [7, 11) is -4.57. The van der Waals surface area contributed by atoms with E-state index < -0.39 is 27.0 Å². The summed E-state index contributed by atoms with van der Waals surface area (Å²) < 4.78 is 41.4. The van der Waals surface area contributed by atoms with Crippen LogP contribution in [0.5, 0.6) is 0 Å². The van der Waals surface area contributed by atoms with Gasteiger partial charge < -0.3 is 9.47 Å². The molecule has 0 unspecified atom stereocenters. The maximum absolute atomic E-state index is 11.8. The van der Waals surface area contributed by atoms with Gasteiger partial charge in [0.15, 0.2) is 0 Å². The molecule has 0 atom stereocenters. The Kier molecular flexibility index (Phi) is 9.95. The van der Waals surface area contributed by atoms with Crippen molar-refractivity contribution in [1.82, 2.24) is 0 Å². The van der Waals surface area contributed by atoms with Gasteiger partial charge in [0.25, 0.3) is 10.1 Å².